The van der Waals surface area contributed by atoms with E-state index in [2.05, 4.69) is 0 Å². The zero-order chi connectivity index (χ0) is 12.3. The van der Waals surface area contributed by atoms with Crippen LogP contribution in [0.4, 0.5) is 0 Å². The summed E-state index contributed by atoms with van der Waals surface area (Å²) in [5, 5.41) is 8.56. The summed E-state index contributed by atoms with van der Waals surface area (Å²) in [5.74, 6) is -0.910. The average Bonchev–Trinajstić information content (AvgIpc) is 2.11. The summed E-state index contributed by atoms with van der Waals surface area (Å²) < 4.78 is 26.5. The fourth-order valence-corrected chi connectivity index (χ4v) is 3.58. The van der Waals surface area contributed by atoms with Crippen LogP contribution in [-0.2, 0) is 15.0 Å². The van der Waals surface area contributed by atoms with Crippen molar-refractivity contribution < 1.29 is 18.3 Å². The Labute approximate surface area is 96.0 Å². The molecule has 7 heteroatoms. The van der Waals surface area contributed by atoms with E-state index in [1.807, 2.05) is 0 Å². The lowest BCUT2D eigenvalue weighted by Crippen LogP contribution is -2.55. The third-order valence-electron chi connectivity index (χ3n) is 2.74. The molecule has 94 valence electrons. The van der Waals surface area contributed by atoms with Crippen molar-refractivity contribution in [2.75, 3.05) is 26.2 Å². The molecule has 1 N–H and O–H groups in total. The number of carboxylic acid groups (broad SMARTS) is 1. The van der Waals surface area contributed by atoms with Crippen LogP contribution >= 0.6 is 0 Å². The van der Waals surface area contributed by atoms with Gasteiger partial charge in [-0.3, -0.25) is 4.79 Å². The lowest BCUT2D eigenvalue weighted by atomic mass is 10.00. The summed E-state index contributed by atoms with van der Waals surface area (Å²) >= 11 is 0. The number of rotatable bonds is 6. The molecule has 1 heterocycles. The number of hydrogen-bond acceptors (Lipinski definition) is 3. The quantitative estimate of drug-likeness (QED) is 0.718. The van der Waals surface area contributed by atoms with Crippen molar-refractivity contribution >= 4 is 16.2 Å². The summed E-state index contributed by atoms with van der Waals surface area (Å²) in [4.78, 5) is 10.4. The second kappa shape index (κ2) is 5.11. The van der Waals surface area contributed by atoms with Crippen molar-refractivity contribution in [1.82, 2.24) is 8.61 Å². The first-order valence-electron chi connectivity index (χ1n) is 5.38. The Hall–Kier alpha value is -0.660. The first-order chi connectivity index (χ1) is 7.41. The van der Waals surface area contributed by atoms with Crippen molar-refractivity contribution in [3.63, 3.8) is 0 Å². The Morgan fingerprint density at radius 3 is 2.25 bits per heavy atom. The maximum Gasteiger partial charge on any atom is 0.303 e. The average molecular weight is 250 g/mol. The van der Waals surface area contributed by atoms with E-state index in [0.717, 1.165) is 0 Å². The molecule has 1 rings (SSSR count). The molecule has 6 nitrogen and oxygen atoms in total. The number of hydrogen-bond donors (Lipinski definition) is 1. The lowest BCUT2D eigenvalue weighted by molar-refractivity contribution is -0.139. The largest absolute Gasteiger partial charge is 0.481 e. The molecule has 0 atom stereocenters. The standard InChI is InChI=1S/C9H18N2O4S/c1-3-10(4-2)16(14,15)11-6-8(7-11)5-9(12)13/h8H,3-7H2,1-2H3,(H,12,13). The smallest absolute Gasteiger partial charge is 0.303 e. The van der Waals surface area contributed by atoms with Crippen LogP contribution < -0.4 is 0 Å². The van der Waals surface area contributed by atoms with Gasteiger partial charge in [-0.2, -0.15) is 17.0 Å². The van der Waals surface area contributed by atoms with Gasteiger partial charge in [-0.05, 0) is 5.92 Å². The summed E-state index contributed by atoms with van der Waals surface area (Å²) in [6.07, 6.45) is 0.0459. The van der Waals surface area contributed by atoms with Crippen LogP contribution in [0.2, 0.25) is 0 Å². The van der Waals surface area contributed by atoms with E-state index < -0.39 is 16.2 Å². The fourth-order valence-electron chi connectivity index (χ4n) is 1.80. The van der Waals surface area contributed by atoms with E-state index in [1.165, 1.54) is 8.61 Å². The minimum absolute atomic E-state index is 0.0390. The second-order valence-electron chi connectivity index (χ2n) is 3.87. The van der Waals surface area contributed by atoms with Crippen LogP contribution in [0.3, 0.4) is 0 Å². The SMILES string of the molecule is CCN(CC)S(=O)(=O)N1CC(CC(=O)O)C1. The van der Waals surface area contributed by atoms with Gasteiger partial charge in [0.2, 0.25) is 0 Å². The number of aliphatic carboxylic acids is 1. The highest BCUT2D eigenvalue weighted by Crippen LogP contribution is 2.24. The van der Waals surface area contributed by atoms with Crippen molar-refractivity contribution in [3.05, 3.63) is 0 Å². The first-order valence-corrected chi connectivity index (χ1v) is 6.78. The van der Waals surface area contributed by atoms with Crippen LogP contribution in [0.15, 0.2) is 0 Å². The normalized spacial score (nSPS) is 18.7. The number of carbonyl (C=O) groups is 1. The Morgan fingerprint density at radius 1 is 1.38 bits per heavy atom. The van der Waals surface area contributed by atoms with Gasteiger partial charge in [0.1, 0.15) is 0 Å². The molecule has 0 amide bonds. The molecule has 1 aliphatic rings. The Morgan fingerprint density at radius 2 is 1.88 bits per heavy atom. The molecular weight excluding hydrogens is 232 g/mol. The van der Waals surface area contributed by atoms with Crippen LogP contribution in [0.1, 0.15) is 20.3 Å². The van der Waals surface area contributed by atoms with Gasteiger partial charge in [-0.1, -0.05) is 13.8 Å². The summed E-state index contributed by atoms with van der Waals surface area (Å²) in [7, 11) is -3.36. The van der Waals surface area contributed by atoms with Gasteiger partial charge in [-0.25, -0.2) is 0 Å². The minimum atomic E-state index is -3.36. The minimum Gasteiger partial charge on any atom is -0.481 e. The molecule has 0 aliphatic carbocycles. The molecule has 0 aromatic carbocycles. The highest BCUT2D eigenvalue weighted by Gasteiger charge is 2.38. The van der Waals surface area contributed by atoms with Crippen LogP contribution in [0.25, 0.3) is 0 Å². The van der Waals surface area contributed by atoms with E-state index in [9.17, 15) is 13.2 Å². The highest BCUT2D eigenvalue weighted by molar-refractivity contribution is 7.86. The topological polar surface area (TPSA) is 77.9 Å². The fraction of sp³-hybridized carbons (Fsp3) is 0.889. The van der Waals surface area contributed by atoms with Gasteiger partial charge in [0.15, 0.2) is 0 Å². The van der Waals surface area contributed by atoms with Crippen molar-refractivity contribution in [2.24, 2.45) is 5.92 Å². The summed E-state index contributed by atoms with van der Waals surface area (Å²) in [6, 6.07) is 0. The zero-order valence-electron chi connectivity index (χ0n) is 9.59. The van der Waals surface area contributed by atoms with E-state index in [4.69, 9.17) is 5.11 Å². The van der Waals surface area contributed by atoms with E-state index in [-0.39, 0.29) is 12.3 Å². The summed E-state index contributed by atoms with van der Waals surface area (Å²) in [5.41, 5.74) is 0. The van der Waals surface area contributed by atoms with Crippen molar-refractivity contribution in [1.29, 1.82) is 0 Å². The molecule has 0 bridgehead atoms. The molecule has 1 fully saturated rings. The maximum absolute atomic E-state index is 11.9. The van der Waals surface area contributed by atoms with Crippen molar-refractivity contribution in [2.45, 2.75) is 20.3 Å². The van der Waals surface area contributed by atoms with Gasteiger partial charge in [0.25, 0.3) is 10.2 Å². The Kier molecular flexibility index (Phi) is 4.28. The van der Waals surface area contributed by atoms with Gasteiger partial charge >= 0.3 is 5.97 Å². The van der Waals surface area contributed by atoms with Gasteiger partial charge < -0.3 is 5.11 Å². The predicted octanol–water partition coefficient (Wildman–Crippen LogP) is -0.0205. The van der Waals surface area contributed by atoms with E-state index in [1.54, 1.807) is 13.8 Å². The molecule has 1 aliphatic heterocycles. The van der Waals surface area contributed by atoms with Crippen LogP contribution in [-0.4, -0.2) is 54.3 Å². The third kappa shape index (κ3) is 2.72. The molecule has 0 aromatic rings. The molecule has 0 radical (unpaired) electrons. The maximum atomic E-state index is 11.9. The Bertz CT molecular complexity index is 345. The lowest BCUT2D eigenvalue weighted by Gasteiger charge is -2.39. The molecule has 0 spiro atoms. The molecule has 0 unspecified atom stereocenters. The molecular formula is C9H18N2O4S. The van der Waals surface area contributed by atoms with Crippen LogP contribution in [0.5, 0.6) is 0 Å². The molecule has 1 saturated heterocycles. The molecule has 16 heavy (non-hydrogen) atoms. The zero-order valence-corrected chi connectivity index (χ0v) is 10.4. The first kappa shape index (κ1) is 13.4. The highest BCUT2D eigenvalue weighted by atomic mass is 32.2. The number of carboxylic acids is 1. The van der Waals surface area contributed by atoms with E-state index >= 15 is 0 Å². The second-order valence-corrected chi connectivity index (χ2v) is 5.80. The monoisotopic (exact) mass is 250 g/mol. The van der Waals surface area contributed by atoms with Crippen LogP contribution in [0, 0.1) is 5.92 Å². The predicted molar refractivity (Wildman–Crippen MR) is 59.2 cm³/mol. The molecule has 0 saturated carbocycles. The van der Waals surface area contributed by atoms with Gasteiger partial charge in [0, 0.05) is 26.2 Å². The summed E-state index contributed by atoms with van der Waals surface area (Å²) in [6.45, 7) is 5.11. The Balaban J connectivity index is 2.53. The van der Waals surface area contributed by atoms with Gasteiger partial charge in [-0.15, -0.1) is 0 Å². The molecule has 0 aromatic heterocycles. The van der Waals surface area contributed by atoms with E-state index in [0.29, 0.717) is 26.2 Å². The number of nitrogens with zero attached hydrogens (tertiary/aromatic N) is 2. The third-order valence-corrected chi connectivity index (χ3v) is 4.86. The van der Waals surface area contributed by atoms with Gasteiger partial charge in [0.05, 0.1) is 6.42 Å². The van der Waals surface area contributed by atoms with Crippen molar-refractivity contribution in [3.8, 4) is 0 Å².